The molecule has 1 aromatic carbocycles. The molecule has 1 aromatic heterocycles. The number of piperidine rings is 1. The molecular weight excluding hydrogens is 418 g/mol. The lowest BCUT2D eigenvalue weighted by Gasteiger charge is -2.35. The first-order valence-corrected chi connectivity index (χ1v) is 9.90. The van der Waals surface area contributed by atoms with E-state index in [0.717, 1.165) is 10.9 Å². The van der Waals surface area contributed by atoms with Crippen molar-refractivity contribution >= 4 is 17.6 Å². The van der Waals surface area contributed by atoms with E-state index in [4.69, 9.17) is 5.73 Å². The Morgan fingerprint density at radius 3 is 2.35 bits per heavy atom. The van der Waals surface area contributed by atoms with Gasteiger partial charge >= 0.3 is 6.18 Å². The normalized spacial score (nSPS) is 22.0. The predicted molar refractivity (Wildman–Crippen MR) is 103 cm³/mol. The highest BCUT2D eigenvalue weighted by atomic mass is 19.4. The second-order valence-corrected chi connectivity index (χ2v) is 7.86. The van der Waals surface area contributed by atoms with Crippen molar-refractivity contribution in [1.82, 2.24) is 14.7 Å². The first kappa shape index (κ1) is 21.1. The summed E-state index contributed by atoms with van der Waals surface area (Å²) >= 11 is 0. The Labute approximate surface area is 175 Å². The van der Waals surface area contributed by atoms with E-state index >= 15 is 0 Å². The summed E-state index contributed by atoms with van der Waals surface area (Å²) in [5, 5.41) is 6.85. The van der Waals surface area contributed by atoms with Crippen molar-refractivity contribution in [2.45, 2.75) is 37.5 Å². The minimum absolute atomic E-state index is 0.0232. The van der Waals surface area contributed by atoms with E-state index in [0.29, 0.717) is 18.4 Å². The molecule has 1 fully saturated rings. The van der Waals surface area contributed by atoms with Crippen LogP contribution >= 0.6 is 0 Å². The standard InChI is InChI=1S/C20H21F4N5O2/c21-13-3-1-11(2-4-13)15-9-16(20(22,23)24)29-18(27-15)14(10-26-29)19(31)28-7-5-12(6-8-28)17(25)30/h1-4,10,12,15-16,27H,5-9H2,(H2,25,30). The first-order chi connectivity index (χ1) is 14.6. The number of primary amides is 1. The zero-order valence-electron chi connectivity index (χ0n) is 16.4. The number of aromatic nitrogens is 2. The van der Waals surface area contributed by atoms with Crippen LogP contribution in [0.2, 0.25) is 0 Å². The number of nitrogens with one attached hydrogen (secondary N) is 1. The maximum Gasteiger partial charge on any atom is 0.410 e. The third-order valence-corrected chi connectivity index (χ3v) is 5.93. The third kappa shape index (κ3) is 4.08. The molecule has 2 aliphatic rings. The van der Waals surface area contributed by atoms with Crippen LogP contribution in [0, 0.1) is 11.7 Å². The van der Waals surface area contributed by atoms with Crippen LogP contribution in [0.25, 0.3) is 0 Å². The average Bonchev–Trinajstić information content (AvgIpc) is 3.16. The molecule has 3 N–H and O–H groups in total. The van der Waals surface area contributed by atoms with Gasteiger partial charge in [0.05, 0.1) is 12.2 Å². The molecule has 31 heavy (non-hydrogen) atoms. The zero-order chi connectivity index (χ0) is 22.3. The maximum atomic E-state index is 13.8. The lowest BCUT2D eigenvalue weighted by Crippen LogP contribution is -2.42. The molecule has 0 spiro atoms. The van der Waals surface area contributed by atoms with Gasteiger partial charge in [-0.25, -0.2) is 9.07 Å². The summed E-state index contributed by atoms with van der Waals surface area (Å²) in [6, 6.07) is 2.50. The Morgan fingerprint density at radius 1 is 1.13 bits per heavy atom. The quantitative estimate of drug-likeness (QED) is 0.719. The third-order valence-electron chi connectivity index (χ3n) is 5.93. The number of halogens is 4. The number of benzene rings is 1. The number of nitrogens with zero attached hydrogens (tertiary/aromatic N) is 3. The lowest BCUT2D eigenvalue weighted by atomic mass is 9.95. The van der Waals surface area contributed by atoms with Gasteiger partial charge < -0.3 is 16.0 Å². The first-order valence-electron chi connectivity index (χ1n) is 9.90. The highest BCUT2D eigenvalue weighted by Crippen LogP contribution is 2.44. The van der Waals surface area contributed by atoms with Crippen molar-refractivity contribution in [3.63, 3.8) is 0 Å². The Hall–Kier alpha value is -3.11. The predicted octanol–water partition coefficient (Wildman–Crippen LogP) is 3.02. The number of amides is 2. The Morgan fingerprint density at radius 2 is 1.77 bits per heavy atom. The Bertz CT molecular complexity index is 980. The summed E-state index contributed by atoms with van der Waals surface area (Å²) in [6.45, 7) is 0.558. The Balaban J connectivity index is 1.63. The van der Waals surface area contributed by atoms with Crippen molar-refractivity contribution in [3.8, 4) is 0 Å². The molecule has 7 nitrogen and oxygen atoms in total. The molecule has 166 valence electrons. The van der Waals surface area contributed by atoms with Gasteiger partial charge in [0.25, 0.3) is 5.91 Å². The van der Waals surface area contributed by atoms with Crippen molar-refractivity contribution in [1.29, 1.82) is 0 Å². The van der Waals surface area contributed by atoms with E-state index in [1.165, 1.54) is 29.2 Å². The highest BCUT2D eigenvalue weighted by molar-refractivity contribution is 5.99. The molecule has 0 radical (unpaired) electrons. The average molecular weight is 439 g/mol. The summed E-state index contributed by atoms with van der Waals surface area (Å²) in [5.41, 5.74) is 5.82. The lowest BCUT2D eigenvalue weighted by molar-refractivity contribution is -0.173. The van der Waals surface area contributed by atoms with Crippen LogP contribution in [-0.2, 0) is 4.79 Å². The van der Waals surface area contributed by atoms with Crippen LogP contribution in [0.5, 0.6) is 0 Å². The zero-order valence-corrected chi connectivity index (χ0v) is 16.4. The fourth-order valence-electron chi connectivity index (χ4n) is 4.17. The van der Waals surface area contributed by atoms with Crippen LogP contribution in [0.1, 0.15) is 47.3 Å². The number of nitrogens with two attached hydrogens (primary N) is 1. The van der Waals surface area contributed by atoms with Gasteiger partial charge in [-0.2, -0.15) is 18.3 Å². The van der Waals surface area contributed by atoms with Gasteiger partial charge in [-0.1, -0.05) is 12.1 Å². The van der Waals surface area contributed by atoms with Gasteiger partial charge in [0.2, 0.25) is 5.91 Å². The molecule has 4 rings (SSSR count). The monoisotopic (exact) mass is 439 g/mol. The minimum Gasteiger partial charge on any atom is -0.369 e. The van der Waals surface area contributed by atoms with E-state index in [9.17, 15) is 27.2 Å². The van der Waals surface area contributed by atoms with E-state index in [2.05, 4.69) is 10.4 Å². The van der Waals surface area contributed by atoms with E-state index in [1.54, 1.807) is 0 Å². The SMILES string of the molecule is NC(=O)C1CCN(C(=O)c2cnn3c2NC(c2ccc(F)cc2)CC3C(F)(F)F)CC1. The van der Waals surface area contributed by atoms with Gasteiger partial charge in [0, 0.05) is 25.4 Å². The van der Waals surface area contributed by atoms with E-state index in [1.807, 2.05) is 0 Å². The van der Waals surface area contributed by atoms with Crippen molar-refractivity contribution < 1.29 is 27.2 Å². The summed E-state index contributed by atoms with van der Waals surface area (Å²) in [5.74, 6) is -1.72. The number of fused-ring (bicyclic) bond motifs is 1. The molecule has 11 heteroatoms. The van der Waals surface area contributed by atoms with Gasteiger partial charge in [-0.3, -0.25) is 9.59 Å². The highest BCUT2D eigenvalue weighted by Gasteiger charge is 2.47. The van der Waals surface area contributed by atoms with Crippen LogP contribution in [0.15, 0.2) is 30.5 Å². The van der Waals surface area contributed by atoms with Crippen LogP contribution in [0.3, 0.4) is 0 Å². The minimum atomic E-state index is -4.58. The molecule has 0 bridgehead atoms. The largest absolute Gasteiger partial charge is 0.410 e. The van der Waals surface area contributed by atoms with E-state index in [-0.39, 0.29) is 36.8 Å². The number of alkyl halides is 3. The molecule has 3 heterocycles. The fourth-order valence-corrected chi connectivity index (χ4v) is 4.17. The number of carbonyl (C=O) groups is 2. The van der Waals surface area contributed by atoms with E-state index < -0.39 is 35.9 Å². The molecule has 0 saturated carbocycles. The van der Waals surface area contributed by atoms with Crippen molar-refractivity contribution in [2.75, 3.05) is 18.4 Å². The second-order valence-electron chi connectivity index (χ2n) is 7.86. The number of likely N-dealkylation sites (tertiary alicyclic amines) is 1. The van der Waals surface area contributed by atoms with Crippen molar-refractivity contribution in [2.24, 2.45) is 11.7 Å². The Kier molecular flexibility index (Phi) is 5.36. The molecule has 2 aromatic rings. The van der Waals surface area contributed by atoms with Gasteiger partial charge in [0.15, 0.2) is 6.04 Å². The van der Waals surface area contributed by atoms with Gasteiger partial charge in [0.1, 0.15) is 17.2 Å². The van der Waals surface area contributed by atoms with Crippen LogP contribution in [0.4, 0.5) is 23.4 Å². The molecule has 2 unspecified atom stereocenters. The van der Waals surface area contributed by atoms with Crippen molar-refractivity contribution in [3.05, 3.63) is 47.4 Å². The van der Waals surface area contributed by atoms with Crippen LogP contribution < -0.4 is 11.1 Å². The van der Waals surface area contributed by atoms with Gasteiger partial charge in [-0.05, 0) is 30.5 Å². The van der Waals surface area contributed by atoms with Gasteiger partial charge in [-0.15, -0.1) is 0 Å². The number of rotatable bonds is 3. The summed E-state index contributed by atoms with van der Waals surface area (Å²) in [4.78, 5) is 25.9. The molecule has 0 aliphatic carbocycles. The molecule has 2 aliphatic heterocycles. The second kappa shape index (κ2) is 7.86. The number of carbonyl (C=O) groups excluding carboxylic acids is 2. The summed E-state index contributed by atoms with van der Waals surface area (Å²) < 4.78 is 55.4. The fraction of sp³-hybridized carbons (Fsp3) is 0.450. The molecule has 2 atom stereocenters. The number of anilines is 1. The molecular formula is C20H21F4N5O2. The smallest absolute Gasteiger partial charge is 0.369 e. The molecule has 2 amide bonds. The maximum absolute atomic E-state index is 13.8. The number of hydrogen-bond acceptors (Lipinski definition) is 4. The number of hydrogen-bond donors (Lipinski definition) is 2. The summed E-state index contributed by atoms with van der Waals surface area (Å²) in [6.07, 6.45) is -2.98. The molecule has 1 saturated heterocycles. The topological polar surface area (TPSA) is 93.2 Å². The van der Waals surface area contributed by atoms with Crippen LogP contribution in [-0.4, -0.2) is 45.8 Å². The summed E-state index contributed by atoms with van der Waals surface area (Å²) in [7, 11) is 0.